The second-order valence-electron chi connectivity index (χ2n) is 7.15. The van der Waals surface area contributed by atoms with E-state index in [9.17, 15) is 0 Å². The van der Waals surface area contributed by atoms with Crippen LogP contribution in [-0.2, 0) is 6.42 Å². The van der Waals surface area contributed by atoms with Crippen molar-refractivity contribution in [2.45, 2.75) is 51.6 Å². The molecule has 1 N–H and O–H groups in total. The summed E-state index contributed by atoms with van der Waals surface area (Å²) in [7, 11) is 0. The standard InChI is InChI=1S/C18H28N2/c1-13(2)8-17-10-19-14(3)11-20(17)12-16-9-15-6-4-5-7-18(15)16/h4-7,13-14,16-17,19H,8-12H2,1-3H3. The minimum atomic E-state index is 0.633. The number of hydrogen-bond donors (Lipinski definition) is 1. The first-order valence-electron chi connectivity index (χ1n) is 8.18. The molecular formula is C18H28N2. The van der Waals surface area contributed by atoms with Crippen LogP contribution < -0.4 is 5.32 Å². The Bertz CT molecular complexity index is 454. The topological polar surface area (TPSA) is 15.3 Å². The molecule has 2 aliphatic rings. The van der Waals surface area contributed by atoms with Crippen molar-refractivity contribution in [3.8, 4) is 0 Å². The van der Waals surface area contributed by atoms with E-state index in [-0.39, 0.29) is 0 Å². The van der Waals surface area contributed by atoms with Gasteiger partial charge in [-0.05, 0) is 36.8 Å². The Hall–Kier alpha value is -0.860. The molecule has 0 saturated carbocycles. The highest BCUT2D eigenvalue weighted by Gasteiger charge is 2.32. The van der Waals surface area contributed by atoms with Gasteiger partial charge in [0.15, 0.2) is 0 Å². The summed E-state index contributed by atoms with van der Waals surface area (Å²) >= 11 is 0. The molecule has 0 radical (unpaired) electrons. The molecule has 110 valence electrons. The van der Waals surface area contributed by atoms with E-state index < -0.39 is 0 Å². The number of rotatable bonds is 4. The summed E-state index contributed by atoms with van der Waals surface area (Å²) < 4.78 is 0. The highest BCUT2D eigenvalue weighted by molar-refractivity contribution is 5.40. The maximum Gasteiger partial charge on any atom is 0.0224 e. The molecule has 1 fully saturated rings. The third-order valence-corrected chi connectivity index (χ3v) is 4.89. The van der Waals surface area contributed by atoms with E-state index in [1.165, 1.54) is 25.9 Å². The van der Waals surface area contributed by atoms with Gasteiger partial charge in [-0.15, -0.1) is 0 Å². The van der Waals surface area contributed by atoms with Crippen molar-refractivity contribution in [1.29, 1.82) is 0 Å². The maximum absolute atomic E-state index is 3.65. The van der Waals surface area contributed by atoms with Crippen molar-refractivity contribution in [1.82, 2.24) is 10.2 Å². The van der Waals surface area contributed by atoms with Crippen LogP contribution in [0.1, 0.15) is 44.2 Å². The van der Waals surface area contributed by atoms with Crippen molar-refractivity contribution in [2.24, 2.45) is 5.92 Å². The fourth-order valence-corrected chi connectivity index (χ4v) is 3.84. The molecule has 20 heavy (non-hydrogen) atoms. The quantitative estimate of drug-likeness (QED) is 0.906. The van der Waals surface area contributed by atoms with Crippen LogP contribution in [0.4, 0.5) is 0 Å². The van der Waals surface area contributed by atoms with Crippen LogP contribution in [0.25, 0.3) is 0 Å². The lowest BCUT2D eigenvalue weighted by atomic mass is 9.77. The van der Waals surface area contributed by atoms with Crippen molar-refractivity contribution in [2.75, 3.05) is 19.6 Å². The molecule has 3 atom stereocenters. The highest BCUT2D eigenvalue weighted by Crippen LogP contribution is 2.36. The second-order valence-corrected chi connectivity index (χ2v) is 7.15. The first kappa shape index (κ1) is 14.1. The molecule has 1 aliphatic heterocycles. The van der Waals surface area contributed by atoms with Gasteiger partial charge >= 0.3 is 0 Å². The minimum absolute atomic E-state index is 0.633. The molecule has 1 aromatic rings. The summed E-state index contributed by atoms with van der Waals surface area (Å²) in [4.78, 5) is 2.75. The zero-order chi connectivity index (χ0) is 14.1. The van der Waals surface area contributed by atoms with Crippen LogP contribution in [0, 0.1) is 5.92 Å². The third-order valence-electron chi connectivity index (χ3n) is 4.89. The maximum atomic E-state index is 3.65. The van der Waals surface area contributed by atoms with Gasteiger partial charge in [0.2, 0.25) is 0 Å². The SMILES string of the molecule is CC(C)CC1CNC(C)CN1CC1Cc2ccccc21. The molecule has 3 unspecified atom stereocenters. The van der Waals surface area contributed by atoms with Gasteiger partial charge in [0.05, 0.1) is 0 Å². The van der Waals surface area contributed by atoms with Crippen molar-refractivity contribution in [3.63, 3.8) is 0 Å². The Morgan fingerprint density at radius 1 is 1.30 bits per heavy atom. The Labute approximate surface area is 123 Å². The predicted molar refractivity (Wildman–Crippen MR) is 85.2 cm³/mol. The van der Waals surface area contributed by atoms with E-state index in [0.29, 0.717) is 6.04 Å². The second kappa shape index (κ2) is 5.87. The number of piperazine rings is 1. The van der Waals surface area contributed by atoms with Gasteiger partial charge in [-0.1, -0.05) is 38.1 Å². The van der Waals surface area contributed by atoms with E-state index >= 15 is 0 Å². The van der Waals surface area contributed by atoms with Gasteiger partial charge in [0.1, 0.15) is 0 Å². The summed E-state index contributed by atoms with van der Waals surface area (Å²) in [5.41, 5.74) is 3.17. The number of nitrogens with zero attached hydrogens (tertiary/aromatic N) is 1. The fraction of sp³-hybridized carbons (Fsp3) is 0.667. The Kier molecular flexibility index (Phi) is 4.13. The molecular weight excluding hydrogens is 244 g/mol. The highest BCUT2D eigenvalue weighted by atomic mass is 15.2. The van der Waals surface area contributed by atoms with E-state index in [1.807, 2.05) is 0 Å². The first-order chi connectivity index (χ1) is 9.63. The van der Waals surface area contributed by atoms with Crippen LogP contribution >= 0.6 is 0 Å². The number of benzene rings is 1. The zero-order valence-corrected chi connectivity index (χ0v) is 13.1. The molecule has 2 nitrogen and oxygen atoms in total. The summed E-state index contributed by atoms with van der Waals surface area (Å²) in [6.07, 6.45) is 2.59. The smallest absolute Gasteiger partial charge is 0.0224 e. The largest absolute Gasteiger partial charge is 0.311 e. The van der Waals surface area contributed by atoms with Gasteiger partial charge in [-0.2, -0.15) is 0 Å². The Balaban J connectivity index is 1.65. The lowest BCUT2D eigenvalue weighted by Gasteiger charge is -2.44. The van der Waals surface area contributed by atoms with Crippen LogP contribution in [0.2, 0.25) is 0 Å². The first-order valence-corrected chi connectivity index (χ1v) is 8.18. The Morgan fingerprint density at radius 3 is 2.85 bits per heavy atom. The molecule has 0 amide bonds. The lowest BCUT2D eigenvalue weighted by molar-refractivity contribution is 0.108. The molecule has 1 heterocycles. The number of nitrogens with one attached hydrogen (secondary N) is 1. The predicted octanol–water partition coefficient (Wildman–Crippen LogP) is 3.03. The van der Waals surface area contributed by atoms with E-state index in [1.54, 1.807) is 11.1 Å². The van der Waals surface area contributed by atoms with E-state index in [4.69, 9.17) is 0 Å². The zero-order valence-electron chi connectivity index (χ0n) is 13.1. The number of hydrogen-bond acceptors (Lipinski definition) is 2. The average Bonchev–Trinajstić information content (AvgIpc) is 2.38. The lowest BCUT2D eigenvalue weighted by Crippen LogP contribution is -2.57. The molecule has 0 aromatic heterocycles. The van der Waals surface area contributed by atoms with Gasteiger partial charge in [-0.25, -0.2) is 0 Å². The minimum Gasteiger partial charge on any atom is -0.311 e. The van der Waals surface area contributed by atoms with E-state index in [0.717, 1.165) is 24.4 Å². The van der Waals surface area contributed by atoms with Gasteiger partial charge in [0, 0.05) is 37.6 Å². The molecule has 1 aliphatic carbocycles. The fourth-order valence-electron chi connectivity index (χ4n) is 3.84. The summed E-state index contributed by atoms with van der Waals surface area (Å²) in [5.74, 6) is 1.55. The van der Waals surface area contributed by atoms with Crippen molar-refractivity contribution >= 4 is 0 Å². The van der Waals surface area contributed by atoms with Crippen molar-refractivity contribution in [3.05, 3.63) is 35.4 Å². The number of fused-ring (bicyclic) bond motifs is 1. The summed E-state index contributed by atoms with van der Waals surface area (Å²) in [6, 6.07) is 10.3. The normalized spacial score (nSPS) is 30.1. The van der Waals surface area contributed by atoms with Gasteiger partial charge < -0.3 is 5.32 Å². The third kappa shape index (κ3) is 2.91. The Morgan fingerprint density at radius 2 is 2.10 bits per heavy atom. The van der Waals surface area contributed by atoms with Crippen LogP contribution in [0.15, 0.2) is 24.3 Å². The average molecular weight is 272 g/mol. The summed E-state index contributed by atoms with van der Waals surface area (Å²) in [6.45, 7) is 10.6. The van der Waals surface area contributed by atoms with Crippen LogP contribution in [0.3, 0.4) is 0 Å². The van der Waals surface area contributed by atoms with Gasteiger partial charge in [-0.3, -0.25) is 4.90 Å². The molecule has 1 saturated heterocycles. The van der Waals surface area contributed by atoms with Crippen LogP contribution in [-0.4, -0.2) is 36.6 Å². The van der Waals surface area contributed by atoms with E-state index in [2.05, 4.69) is 55.3 Å². The molecule has 0 spiro atoms. The summed E-state index contributed by atoms with van der Waals surface area (Å²) in [5, 5.41) is 3.65. The van der Waals surface area contributed by atoms with Crippen molar-refractivity contribution < 1.29 is 0 Å². The molecule has 1 aromatic carbocycles. The molecule has 0 bridgehead atoms. The van der Waals surface area contributed by atoms with Gasteiger partial charge in [0.25, 0.3) is 0 Å². The van der Waals surface area contributed by atoms with Crippen LogP contribution in [0.5, 0.6) is 0 Å². The monoisotopic (exact) mass is 272 g/mol. The molecule has 3 rings (SSSR count). The molecule has 2 heteroatoms.